The second kappa shape index (κ2) is 4.84. The van der Waals surface area contributed by atoms with Gasteiger partial charge in [-0.1, -0.05) is 0 Å². The third-order valence-corrected chi connectivity index (χ3v) is 3.73. The van der Waals surface area contributed by atoms with Crippen LogP contribution < -0.4 is 0 Å². The Morgan fingerprint density at radius 2 is 1.15 bits per heavy atom. The van der Waals surface area contributed by atoms with Crippen molar-refractivity contribution < 1.29 is 15.9 Å². The van der Waals surface area contributed by atoms with Gasteiger partial charge in [0.05, 0.1) is 0 Å². The van der Waals surface area contributed by atoms with Crippen LogP contribution in [-0.4, -0.2) is 0 Å². The molecule has 0 saturated heterocycles. The molecule has 4 bridgehead atoms. The third kappa shape index (κ3) is 2.63. The van der Waals surface area contributed by atoms with E-state index in [-0.39, 0.29) is 15.9 Å². The zero-order valence-corrected chi connectivity index (χ0v) is 10.6. The van der Waals surface area contributed by atoms with Crippen LogP contribution in [0.1, 0.15) is 38.5 Å². The van der Waals surface area contributed by atoms with Gasteiger partial charge in [-0.15, -0.1) is 0 Å². The van der Waals surface area contributed by atoms with E-state index in [0.717, 1.165) is 17.8 Å². The van der Waals surface area contributed by atoms with Crippen molar-refractivity contribution in [1.82, 2.24) is 0 Å². The molecule has 0 unspecified atom stereocenters. The Bertz CT molecular complexity index is 116. The standard InChI is InChI=1S/C10H15.2ClH.Pd/c1-7-2-9-4-8(1)5-10(3-7)6-9;;;/h7-9H,1-6H2;2*1H;/q;;;+2/p-2. The van der Waals surface area contributed by atoms with Crippen LogP contribution in [0.15, 0.2) is 0 Å². The van der Waals surface area contributed by atoms with Gasteiger partial charge in [-0.05, 0) is 62.2 Å². The molecule has 4 aliphatic rings. The molecule has 4 aliphatic carbocycles. The Balaban J connectivity index is 0.000000196. The summed E-state index contributed by atoms with van der Waals surface area (Å²) in [5.74, 6) is 5.35. The van der Waals surface area contributed by atoms with Crippen LogP contribution in [0.4, 0.5) is 0 Å². The molecule has 0 heterocycles. The van der Waals surface area contributed by atoms with E-state index in [1.54, 1.807) is 19.3 Å². The van der Waals surface area contributed by atoms with Crippen LogP contribution in [0, 0.1) is 23.7 Å². The Kier molecular flexibility index (Phi) is 4.01. The Hall–Kier alpha value is 1.24. The molecule has 13 heavy (non-hydrogen) atoms. The first-order valence-electron chi connectivity index (χ1n) is 4.97. The first-order valence-corrected chi connectivity index (χ1v) is 8.98. The maximum absolute atomic E-state index is 4.81. The number of halogens is 2. The topological polar surface area (TPSA) is 0 Å². The molecule has 0 aromatic carbocycles. The van der Waals surface area contributed by atoms with E-state index in [1.165, 1.54) is 19.3 Å². The van der Waals surface area contributed by atoms with Crippen LogP contribution in [0.2, 0.25) is 0 Å². The summed E-state index contributed by atoms with van der Waals surface area (Å²) < 4.78 is 0. The summed E-state index contributed by atoms with van der Waals surface area (Å²) in [7, 11) is 9.63. The van der Waals surface area contributed by atoms with E-state index >= 15 is 0 Å². The van der Waals surface area contributed by atoms with Gasteiger partial charge in [0.25, 0.3) is 0 Å². The number of hydrogen-bond acceptors (Lipinski definition) is 0. The fourth-order valence-electron chi connectivity index (χ4n) is 3.68. The van der Waals surface area contributed by atoms with Gasteiger partial charge < -0.3 is 0 Å². The van der Waals surface area contributed by atoms with Crippen LogP contribution >= 0.6 is 19.1 Å². The molecule has 4 saturated carbocycles. The summed E-state index contributed by atoms with van der Waals surface area (Å²) >= 11 is -0.106. The van der Waals surface area contributed by atoms with E-state index in [1.807, 2.05) is 5.92 Å². The van der Waals surface area contributed by atoms with E-state index in [0.29, 0.717) is 0 Å². The van der Waals surface area contributed by atoms with Gasteiger partial charge in [-0.2, -0.15) is 0 Å². The monoisotopic (exact) mass is 311 g/mol. The van der Waals surface area contributed by atoms with Crippen molar-refractivity contribution in [2.45, 2.75) is 38.5 Å². The zero-order valence-electron chi connectivity index (χ0n) is 7.55. The first kappa shape index (κ1) is 10.7. The van der Waals surface area contributed by atoms with Crippen molar-refractivity contribution in [3.8, 4) is 0 Å². The predicted octanol–water partition coefficient (Wildman–Crippen LogP) is 4.17. The zero-order chi connectivity index (χ0) is 9.26. The molecule has 79 valence electrons. The SMILES string of the molecule is C1[C]2CC3CC1CC(C2)C3.[Cl][Pd][Cl]. The van der Waals surface area contributed by atoms with Gasteiger partial charge in [-0.3, -0.25) is 0 Å². The quantitative estimate of drug-likeness (QED) is 0.589. The van der Waals surface area contributed by atoms with E-state index in [4.69, 9.17) is 19.1 Å². The van der Waals surface area contributed by atoms with Crippen molar-refractivity contribution in [1.29, 1.82) is 0 Å². The second-order valence-corrected chi connectivity index (χ2v) is 7.07. The molecular weight excluding hydrogens is 297 g/mol. The summed E-state index contributed by atoms with van der Waals surface area (Å²) in [6.45, 7) is 0. The van der Waals surface area contributed by atoms with Crippen molar-refractivity contribution in [3.63, 3.8) is 0 Å². The minimum absolute atomic E-state index is 0.106. The summed E-state index contributed by atoms with van der Waals surface area (Å²) in [5.41, 5.74) is 0. The second-order valence-electron chi connectivity index (χ2n) is 4.71. The van der Waals surface area contributed by atoms with Gasteiger partial charge in [-0.25, -0.2) is 0 Å². The Morgan fingerprint density at radius 1 is 0.846 bits per heavy atom. The fraction of sp³-hybridized carbons (Fsp3) is 0.900. The molecule has 0 N–H and O–H groups in total. The maximum atomic E-state index is 4.81. The number of hydrogen-bond donors (Lipinski definition) is 0. The molecule has 0 amide bonds. The predicted molar refractivity (Wildman–Crippen MR) is 53.1 cm³/mol. The van der Waals surface area contributed by atoms with Crippen LogP contribution in [-0.2, 0) is 15.9 Å². The molecule has 0 atom stereocenters. The average molecular weight is 313 g/mol. The van der Waals surface area contributed by atoms with Gasteiger partial charge >= 0.3 is 35.0 Å². The molecule has 0 aromatic heterocycles. The molecule has 0 aromatic rings. The normalized spacial score (nSPS) is 41.8. The summed E-state index contributed by atoms with van der Waals surface area (Å²) in [6.07, 6.45) is 9.31. The van der Waals surface area contributed by atoms with Crippen LogP contribution in [0.5, 0.6) is 0 Å². The number of rotatable bonds is 0. The average Bonchev–Trinajstić information content (AvgIpc) is 2.01. The molecule has 4 rings (SSSR count). The van der Waals surface area contributed by atoms with Gasteiger partial charge in [0.2, 0.25) is 0 Å². The molecule has 0 aliphatic heterocycles. The fourth-order valence-corrected chi connectivity index (χ4v) is 3.68. The van der Waals surface area contributed by atoms with Crippen molar-refractivity contribution in [2.24, 2.45) is 17.8 Å². The molecule has 0 spiro atoms. The summed E-state index contributed by atoms with van der Waals surface area (Å²) in [6, 6.07) is 0. The van der Waals surface area contributed by atoms with Gasteiger partial charge in [0.1, 0.15) is 0 Å². The van der Waals surface area contributed by atoms with Gasteiger partial charge in [0.15, 0.2) is 0 Å². The Labute approximate surface area is 96.9 Å². The third-order valence-electron chi connectivity index (χ3n) is 3.73. The van der Waals surface area contributed by atoms with E-state index in [9.17, 15) is 0 Å². The summed E-state index contributed by atoms with van der Waals surface area (Å²) in [5, 5.41) is 0. The summed E-state index contributed by atoms with van der Waals surface area (Å²) in [4.78, 5) is 0. The molecule has 3 heteroatoms. The molecular formula is C10H15Cl2Pd. The minimum atomic E-state index is -0.106. The molecule has 1 radical (unpaired) electrons. The van der Waals surface area contributed by atoms with Crippen molar-refractivity contribution in [2.75, 3.05) is 0 Å². The van der Waals surface area contributed by atoms with Gasteiger partial charge in [0, 0.05) is 0 Å². The first-order chi connectivity index (χ1) is 6.31. The van der Waals surface area contributed by atoms with E-state index < -0.39 is 0 Å². The molecule has 4 fully saturated rings. The Morgan fingerprint density at radius 3 is 1.38 bits per heavy atom. The molecule has 0 nitrogen and oxygen atoms in total. The van der Waals surface area contributed by atoms with E-state index in [2.05, 4.69) is 0 Å². The van der Waals surface area contributed by atoms with Crippen LogP contribution in [0.25, 0.3) is 0 Å². The van der Waals surface area contributed by atoms with Crippen LogP contribution in [0.3, 0.4) is 0 Å². The van der Waals surface area contributed by atoms with Crippen molar-refractivity contribution in [3.05, 3.63) is 5.92 Å². The van der Waals surface area contributed by atoms with Crippen molar-refractivity contribution >= 4 is 19.1 Å².